The fraction of sp³-hybridized carbons (Fsp3) is 0.188. The number of ether oxygens (including phenoxy) is 1. The van der Waals surface area contributed by atoms with Crippen LogP contribution in [0.5, 0.6) is 5.75 Å². The number of anilines is 1. The van der Waals surface area contributed by atoms with Gasteiger partial charge in [0.25, 0.3) is 5.91 Å². The first kappa shape index (κ1) is 15.7. The molecule has 0 fully saturated rings. The fourth-order valence-electron chi connectivity index (χ4n) is 1.79. The normalized spacial score (nSPS) is 11.8. The van der Waals surface area contributed by atoms with E-state index in [0.717, 1.165) is 0 Å². The molecule has 5 heteroatoms. The van der Waals surface area contributed by atoms with E-state index in [1.165, 1.54) is 0 Å². The summed E-state index contributed by atoms with van der Waals surface area (Å²) in [6.45, 7) is 1.89. The van der Waals surface area contributed by atoms with Gasteiger partial charge in [0, 0.05) is 15.7 Å². The van der Waals surface area contributed by atoms with Crippen molar-refractivity contribution in [2.45, 2.75) is 19.4 Å². The molecule has 0 aliphatic rings. The second-order valence-corrected chi connectivity index (χ2v) is 5.34. The first-order valence-electron chi connectivity index (χ1n) is 6.57. The van der Waals surface area contributed by atoms with E-state index < -0.39 is 6.10 Å². The lowest BCUT2D eigenvalue weighted by Crippen LogP contribution is -2.32. The standard InChI is InChI=1S/C16H15Cl2NO2/c1-2-15(21-14-8-6-11(17)7-9-14)16(20)19-13-5-3-4-12(18)10-13/h3-10,15H,2H2,1H3,(H,19,20)/t15-/m1/s1. The van der Waals surface area contributed by atoms with Crippen molar-refractivity contribution in [1.29, 1.82) is 0 Å². The van der Waals surface area contributed by atoms with Crippen LogP contribution in [0.3, 0.4) is 0 Å². The zero-order chi connectivity index (χ0) is 15.2. The van der Waals surface area contributed by atoms with E-state index in [4.69, 9.17) is 27.9 Å². The Morgan fingerprint density at radius 1 is 1.14 bits per heavy atom. The second kappa shape index (κ2) is 7.34. The minimum atomic E-state index is -0.579. The molecular weight excluding hydrogens is 309 g/mol. The van der Waals surface area contributed by atoms with Crippen LogP contribution in [0.15, 0.2) is 48.5 Å². The molecule has 2 rings (SSSR count). The number of carbonyl (C=O) groups excluding carboxylic acids is 1. The van der Waals surface area contributed by atoms with Crippen LogP contribution in [-0.2, 0) is 4.79 Å². The van der Waals surface area contributed by atoms with E-state index in [2.05, 4.69) is 5.32 Å². The van der Waals surface area contributed by atoms with Gasteiger partial charge in [-0.1, -0.05) is 36.2 Å². The number of carbonyl (C=O) groups is 1. The van der Waals surface area contributed by atoms with Crippen LogP contribution >= 0.6 is 23.2 Å². The summed E-state index contributed by atoms with van der Waals surface area (Å²) in [7, 11) is 0. The van der Waals surface area contributed by atoms with Crippen LogP contribution in [0.1, 0.15) is 13.3 Å². The first-order chi connectivity index (χ1) is 10.1. The predicted octanol–water partition coefficient (Wildman–Crippen LogP) is 4.79. The molecule has 0 radical (unpaired) electrons. The van der Waals surface area contributed by atoms with Crippen molar-refractivity contribution in [1.82, 2.24) is 0 Å². The summed E-state index contributed by atoms with van der Waals surface area (Å²) < 4.78 is 5.68. The molecule has 0 aliphatic carbocycles. The lowest BCUT2D eigenvalue weighted by Gasteiger charge is -2.17. The van der Waals surface area contributed by atoms with Gasteiger partial charge in [-0.2, -0.15) is 0 Å². The van der Waals surface area contributed by atoms with E-state index in [1.54, 1.807) is 48.5 Å². The zero-order valence-electron chi connectivity index (χ0n) is 11.5. The second-order valence-electron chi connectivity index (χ2n) is 4.47. The molecule has 0 saturated carbocycles. The molecule has 1 amide bonds. The molecule has 1 atom stereocenters. The number of nitrogens with one attached hydrogen (secondary N) is 1. The lowest BCUT2D eigenvalue weighted by molar-refractivity contribution is -0.122. The van der Waals surface area contributed by atoms with Gasteiger partial charge in [-0.3, -0.25) is 4.79 Å². The summed E-state index contributed by atoms with van der Waals surface area (Å²) in [5, 5.41) is 3.98. The average Bonchev–Trinajstić information content (AvgIpc) is 2.46. The summed E-state index contributed by atoms with van der Waals surface area (Å²) in [5.74, 6) is 0.391. The van der Waals surface area contributed by atoms with Crippen LogP contribution in [-0.4, -0.2) is 12.0 Å². The van der Waals surface area contributed by atoms with Gasteiger partial charge >= 0.3 is 0 Å². The lowest BCUT2D eigenvalue weighted by atomic mass is 10.2. The van der Waals surface area contributed by atoms with Crippen LogP contribution in [0.2, 0.25) is 10.0 Å². The number of hydrogen-bond donors (Lipinski definition) is 1. The Kier molecular flexibility index (Phi) is 5.48. The summed E-state index contributed by atoms with van der Waals surface area (Å²) in [4.78, 5) is 12.2. The van der Waals surface area contributed by atoms with Crippen LogP contribution in [0, 0.1) is 0 Å². The summed E-state index contributed by atoms with van der Waals surface area (Å²) in [5.41, 5.74) is 0.644. The van der Waals surface area contributed by atoms with E-state index in [-0.39, 0.29) is 5.91 Å². The highest BCUT2D eigenvalue weighted by Gasteiger charge is 2.18. The number of benzene rings is 2. The quantitative estimate of drug-likeness (QED) is 0.859. The topological polar surface area (TPSA) is 38.3 Å². The molecule has 1 N–H and O–H groups in total. The highest BCUT2D eigenvalue weighted by molar-refractivity contribution is 6.31. The highest BCUT2D eigenvalue weighted by atomic mass is 35.5. The highest BCUT2D eigenvalue weighted by Crippen LogP contribution is 2.19. The number of halogens is 2. The Morgan fingerprint density at radius 2 is 1.86 bits per heavy atom. The number of hydrogen-bond acceptors (Lipinski definition) is 2. The fourth-order valence-corrected chi connectivity index (χ4v) is 2.10. The molecule has 0 aliphatic heterocycles. The van der Waals surface area contributed by atoms with Gasteiger partial charge in [0.05, 0.1) is 0 Å². The third-order valence-electron chi connectivity index (χ3n) is 2.85. The Morgan fingerprint density at radius 3 is 2.48 bits per heavy atom. The molecule has 110 valence electrons. The molecule has 0 heterocycles. The van der Waals surface area contributed by atoms with Crippen molar-refractivity contribution in [2.75, 3.05) is 5.32 Å². The Labute approximate surface area is 133 Å². The van der Waals surface area contributed by atoms with E-state index >= 15 is 0 Å². The Hall–Kier alpha value is -1.71. The van der Waals surface area contributed by atoms with Crippen LogP contribution < -0.4 is 10.1 Å². The molecule has 3 nitrogen and oxygen atoms in total. The average molecular weight is 324 g/mol. The third-order valence-corrected chi connectivity index (χ3v) is 3.33. The van der Waals surface area contributed by atoms with Crippen LogP contribution in [0.25, 0.3) is 0 Å². The van der Waals surface area contributed by atoms with Crippen molar-refractivity contribution < 1.29 is 9.53 Å². The van der Waals surface area contributed by atoms with Gasteiger partial charge in [-0.05, 0) is 48.9 Å². The largest absolute Gasteiger partial charge is 0.481 e. The zero-order valence-corrected chi connectivity index (χ0v) is 13.0. The Bertz CT molecular complexity index is 614. The summed E-state index contributed by atoms with van der Waals surface area (Å²) >= 11 is 11.7. The van der Waals surface area contributed by atoms with E-state index in [1.807, 2.05) is 6.92 Å². The van der Waals surface area contributed by atoms with Gasteiger partial charge in [-0.15, -0.1) is 0 Å². The maximum Gasteiger partial charge on any atom is 0.265 e. The van der Waals surface area contributed by atoms with Gasteiger partial charge < -0.3 is 10.1 Å². The molecule has 0 spiro atoms. The molecule has 21 heavy (non-hydrogen) atoms. The maximum atomic E-state index is 12.2. The van der Waals surface area contributed by atoms with E-state index in [0.29, 0.717) is 27.9 Å². The smallest absolute Gasteiger partial charge is 0.265 e. The minimum absolute atomic E-state index is 0.213. The molecule has 0 bridgehead atoms. The third kappa shape index (κ3) is 4.66. The van der Waals surface area contributed by atoms with Gasteiger partial charge in [-0.25, -0.2) is 0 Å². The molecular formula is C16H15Cl2NO2. The van der Waals surface area contributed by atoms with Crippen molar-refractivity contribution in [2.24, 2.45) is 0 Å². The first-order valence-corrected chi connectivity index (χ1v) is 7.32. The summed E-state index contributed by atoms with van der Waals surface area (Å²) in [6.07, 6.45) is -0.0279. The molecule has 0 aromatic heterocycles. The van der Waals surface area contributed by atoms with Crippen molar-refractivity contribution in [3.63, 3.8) is 0 Å². The van der Waals surface area contributed by atoms with E-state index in [9.17, 15) is 4.79 Å². The van der Waals surface area contributed by atoms with Gasteiger partial charge in [0.1, 0.15) is 5.75 Å². The van der Waals surface area contributed by atoms with Gasteiger partial charge in [0.15, 0.2) is 6.10 Å². The van der Waals surface area contributed by atoms with Crippen molar-refractivity contribution in [3.05, 3.63) is 58.6 Å². The Balaban J connectivity index is 2.03. The molecule has 0 saturated heterocycles. The van der Waals surface area contributed by atoms with Crippen molar-refractivity contribution in [3.8, 4) is 5.75 Å². The monoisotopic (exact) mass is 323 g/mol. The van der Waals surface area contributed by atoms with Gasteiger partial charge in [0.2, 0.25) is 0 Å². The SMILES string of the molecule is CC[C@@H](Oc1ccc(Cl)cc1)C(=O)Nc1cccc(Cl)c1. The molecule has 2 aromatic carbocycles. The van der Waals surface area contributed by atoms with Crippen LogP contribution in [0.4, 0.5) is 5.69 Å². The summed E-state index contributed by atoms with van der Waals surface area (Å²) in [6, 6.07) is 13.9. The van der Waals surface area contributed by atoms with Crippen molar-refractivity contribution >= 4 is 34.8 Å². The molecule has 0 unspecified atom stereocenters. The number of rotatable bonds is 5. The molecule has 2 aromatic rings. The number of amides is 1. The minimum Gasteiger partial charge on any atom is -0.481 e. The maximum absolute atomic E-state index is 12.2. The predicted molar refractivity (Wildman–Crippen MR) is 86.2 cm³/mol.